The van der Waals surface area contributed by atoms with Crippen molar-refractivity contribution in [2.75, 3.05) is 0 Å². The van der Waals surface area contributed by atoms with Crippen molar-refractivity contribution < 1.29 is 33.0 Å². The van der Waals surface area contributed by atoms with Crippen molar-refractivity contribution in [1.29, 1.82) is 0 Å². The summed E-state index contributed by atoms with van der Waals surface area (Å²) in [5.74, 6) is -1.54. The second-order valence-corrected chi connectivity index (χ2v) is 3.92. The highest BCUT2D eigenvalue weighted by atomic mass is 16.7. The van der Waals surface area contributed by atoms with E-state index >= 15 is 0 Å². The summed E-state index contributed by atoms with van der Waals surface area (Å²) in [5, 5.41) is 0. The lowest BCUT2D eigenvalue weighted by molar-refractivity contribution is -0.134. The molecule has 2 bridgehead atoms. The number of fused-ring (bicyclic) bond motifs is 1. The zero-order valence-corrected chi connectivity index (χ0v) is 9.64. The van der Waals surface area contributed by atoms with Crippen molar-refractivity contribution in [2.45, 2.75) is 6.92 Å². The first-order valence-electron chi connectivity index (χ1n) is 5.18. The summed E-state index contributed by atoms with van der Waals surface area (Å²) in [4.78, 5) is 33.8. The molecular formula is C12H6O7. The first-order valence-corrected chi connectivity index (χ1v) is 5.18. The van der Waals surface area contributed by atoms with Gasteiger partial charge in [0.05, 0.1) is 0 Å². The maximum Gasteiger partial charge on any atom is 0.522 e. The molecule has 2 aromatic heterocycles. The Balaban J connectivity index is 1.81. The van der Waals surface area contributed by atoms with Crippen LogP contribution in [0.1, 0.15) is 17.3 Å². The Morgan fingerprint density at radius 3 is 2.79 bits per heavy atom. The third-order valence-electron chi connectivity index (χ3n) is 2.49. The van der Waals surface area contributed by atoms with Gasteiger partial charge in [-0.2, -0.15) is 0 Å². The van der Waals surface area contributed by atoms with Gasteiger partial charge >= 0.3 is 18.1 Å². The Hall–Kier alpha value is -2.83. The summed E-state index contributed by atoms with van der Waals surface area (Å²) >= 11 is 0. The lowest BCUT2D eigenvalue weighted by atomic mass is 10.2. The maximum absolute atomic E-state index is 11.4. The molecule has 7 heteroatoms. The predicted octanol–water partition coefficient (Wildman–Crippen LogP) is 2.02. The van der Waals surface area contributed by atoms with Crippen molar-refractivity contribution >= 4 is 29.3 Å². The molecule has 0 saturated carbocycles. The van der Waals surface area contributed by atoms with E-state index in [1.165, 1.54) is 13.0 Å². The van der Waals surface area contributed by atoms with Gasteiger partial charge in [-0.25, -0.2) is 14.4 Å². The molecule has 7 nitrogen and oxygen atoms in total. The summed E-state index contributed by atoms with van der Waals surface area (Å²) in [7, 11) is 0. The van der Waals surface area contributed by atoms with Gasteiger partial charge in [-0.3, -0.25) is 0 Å². The smallest absolute Gasteiger partial charge is 0.448 e. The Bertz CT molecular complexity index is 736. The first-order chi connectivity index (χ1) is 8.97. The van der Waals surface area contributed by atoms with Crippen LogP contribution in [-0.4, -0.2) is 18.1 Å². The van der Waals surface area contributed by atoms with E-state index < -0.39 is 18.1 Å². The molecule has 0 radical (unpaired) electrons. The molecule has 0 unspecified atom stereocenters. The van der Waals surface area contributed by atoms with Crippen molar-refractivity contribution in [3.8, 4) is 11.5 Å². The topological polar surface area (TPSA) is 92.0 Å². The highest BCUT2D eigenvalue weighted by molar-refractivity contribution is 6.10. The number of benzene rings is 1. The van der Waals surface area contributed by atoms with Crippen LogP contribution >= 0.6 is 0 Å². The van der Waals surface area contributed by atoms with Gasteiger partial charge in [-0.15, -0.1) is 0 Å². The van der Waals surface area contributed by atoms with Crippen molar-refractivity contribution in [3.05, 3.63) is 23.8 Å². The molecule has 0 saturated heterocycles. The molecule has 0 spiro atoms. The summed E-state index contributed by atoms with van der Waals surface area (Å²) < 4.78 is 19.2. The molecule has 3 rings (SSSR count). The van der Waals surface area contributed by atoms with Crippen LogP contribution in [0.25, 0.3) is 11.2 Å². The molecule has 1 aliphatic heterocycles. The van der Waals surface area contributed by atoms with Crippen LogP contribution in [0.2, 0.25) is 0 Å². The Morgan fingerprint density at radius 2 is 2.11 bits per heavy atom. The van der Waals surface area contributed by atoms with Gasteiger partial charge in [-0.1, -0.05) is 6.58 Å². The van der Waals surface area contributed by atoms with E-state index in [0.29, 0.717) is 0 Å². The van der Waals surface area contributed by atoms with E-state index in [2.05, 4.69) is 11.3 Å². The van der Waals surface area contributed by atoms with E-state index in [1.54, 1.807) is 0 Å². The fraction of sp³-hybridized carbons (Fsp3) is 0.0833. The van der Waals surface area contributed by atoms with Crippen LogP contribution in [0.15, 0.2) is 22.6 Å². The summed E-state index contributed by atoms with van der Waals surface area (Å²) in [6.07, 6.45) is -1.25. The minimum absolute atomic E-state index is 0.0252. The maximum atomic E-state index is 11.4. The van der Waals surface area contributed by atoms with Crippen LogP contribution in [0, 0.1) is 0 Å². The van der Waals surface area contributed by atoms with E-state index in [4.69, 9.17) is 13.9 Å². The third-order valence-corrected chi connectivity index (χ3v) is 2.49. The van der Waals surface area contributed by atoms with E-state index in [9.17, 15) is 14.4 Å². The fourth-order valence-electron chi connectivity index (χ4n) is 1.64. The van der Waals surface area contributed by atoms with Gasteiger partial charge in [0.15, 0.2) is 11.2 Å². The number of esters is 2. The van der Waals surface area contributed by atoms with Gasteiger partial charge in [-0.05, 0) is 6.92 Å². The molecule has 3 heterocycles. The average Bonchev–Trinajstić information content (AvgIpc) is 2.93. The Kier molecular flexibility index (Phi) is 2.12. The van der Waals surface area contributed by atoms with Crippen molar-refractivity contribution in [2.24, 2.45) is 0 Å². The molecule has 0 fully saturated rings. The Labute approximate surface area is 105 Å². The SMILES string of the molecule is C=C(C)C(=O)OC(=O)Oc1c2c3oc1cc3C(=O)O2. The zero-order valence-electron chi connectivity index (χ0n) is 9.64. The largest absolute Gasteiger partial charge is 0.522 e. The Morgan fingerprint density at radius 1 is 1.37 bits per heavy atom. The number of furan rings is 2. The van der Waals surface area contributed by atoms with Crippen LogP contribution in [-0.2, 0) is 9.53 Å². The van der Waals surface area contributed by atoms with Crippen molar-refractivity contribution in [3.63, 3.8) is 0 Å². The molecule has 1 aliphatic rings. The van der Waals surface area contributed by atoms with Gasteiger partial charge in [0.2, 0.25) is 11.5 Å². The van der Waals surface area contributed by atoms with Crippen LogP contribution in [0.5, 0.6) is 11.5 Å². The standard InChI is InChI=1S/C12H6O7/c1-4(2)10(13)19-12(15)18-8-6-3-5-7(16-6)9(8)17-11(5)14/h3H,1H2,2H3. The lowest BCUT2D eigenvalue weighted by Gasteiger charge is -2.03. The second kappa shape index (κ2) is 3.58. The number of hydrogen-bond donors (Lipinski definition) is 0. The average molecular weight is 262 g/mol. The molecule has 0 amide bonds. The molecule has 96 valence electrons. The fourth-order valence-corrected chi connectivity index (χ4v) is 1.64. The zero-order chi connectivity index (χ0) is 13.7. The second-order valence-electron chi connectivity index (χ2n) is 3.92. The number of ether oxygens (including phenoxy) is 3. The van der Waals surface area contributed by atoms with Crippen molar-refractivity contribution in [1.82, 2.24) is 0 Å². The number of hydrogen-bond acceptors (Lipinski definition) is 7. The van der Waals surface area contributed by atoms with Crippen LogP contribution < -0.4 is 9.47 Å². The van der Waals surface area contributed by atoms with Gasteiger partial charge < -0.3 is 18.6 Å². The monoisotopic (exact) mass is 262 g/mol. The van der Waals surface area contributed by atoms with E-state index in [-0.39, 0.29) is 33.8 Å². The van der Waals surface area contributed by atoms with Gasteiger partial charge in [0.25, 0.3) is 0 Å². The van der Waals surface area contributed by atoms with Crippen LogP contribution in [0.3, 0.4) is 0 Å². The van der Waals surface area contributed by atoms with E-state index in [1.807, 2.05) is 0 Å². The molecule has 0 N–H and O–H groups in total. The highest BCUT2D eigenvalue weighted by Crippen LogP contribution is 2.49. The van der Waals surface area contributed by atoms with Gasteiger partial charge in [0, 0.05) is 11.6 Å². The normalized spacial score (nSPS) is 12.6. The number of carbonyl (C=O) groups excluding carboxylic acids is 3. The van der Waals surface area contributed by atoms with Crippen LogP contribution in [0.4, 0.5) is 4.79 Å². The minimum Gasteiger partial charge on any atom is -0.448 e. The predicted molar refractivity (Wildman–Crippen MR) is 59.3 cm³/mol. The highest BCUT2D eigenvalue weighted by Gasteiger charge is 2.37. The molecule has 0 aliphatic carbocycles. The molecular weight excluding hydrogens is 256 g/mol. The summed E-state index contributed by atoms with van der Waals surface area (Å²) in [6.45, 7) is 4.70. The summed E-state index contributed by atoms with van der Waals surface area (Å²) in [5.41, 5.74) is 0.721. The van der Waals surface area contributed by atoms with E-state index in [0.717, 1.165) is 0 Å². The molecule has 0 aromatic carbocycles. The number of carbonyl (C=O) groups is 3. The minimum atomic E-state index is -1.25. The molecule has 19 heavy (non-hydrogen) atoms. The molecule has 2 aromatic rings. The summed E-state index contributed by atoms with van der Waals surface area (Å²) in [6, 6.07) is 1.39. The third kappa shape index (κ3) is 1.55. The lowest BCUT2D eigenvalue weighted by Crippen LogP contribution is -2.16. The quantitative estimate of drug-likeness (QED) is 0.353. The molecule has 0 atom stereocenters. The number of rotatable bonds is 2. The van der Waals surface area contributed by atoms with Gasteiger partial charge in [0.1, 0.15) is 5.56 Å². The first kappa shape index (κ1) is 11.3.